The zero-order valence-corrected chi connectivity index (χ0v) is 18.3. The number of carbonyl (C=O) groups is 1. The molecule has 0 spiro atoms. The van der Waals surface area contributed by atoms with Gasteiger partial charge in [0.15, 0.2) is 5.96 Å². The molecule has 0 unspecified atom stereocenters. The van der Waals surface area contributed by atoms with Gasteiger partial charge in [-0.25, -0.2) is 4.99 Å². The maximum Gasteiger partial charge on any atom is 0.253 e. The van der Waals surface area contributed by atoms with E-state index in [9.17, 15) is 4.79 Å². The molecule has 0 aromatic heterocycles. The lowest BCUT2D eigenvalue weighted by Crippen LogP contribution is -2.37. The number of benzene rings is 1. The second kappa shape index (κ2) is 13.9. The lowest BCUT2D eigenvalue weighted by atomic mass is 10.1. The van der Waals surface area contributed by atoms with Gasteiger partial charge in [0.25, 0.3) is 5.91 Å². The minimum Gasteiger partial charge on any atom is -0.357 e. The van der Waals surface area contributed by atoms with E-state index in [1.165, 1.54) is 25.7 Å². The molecule has 1 rings (SSSR count). The van der Waals surface area contributed by atoms with Crippen LogP contribution in [0, 0.1) is 0 Å². The number of aliphatic imine (C=N–C) groups is 1. The van der Waals surface area contributed by atoms with Crippen LogP contribution in [0.2, 0.25) is 0 Å². The highest BCUT2D eigenvalue weighted by Gasteiger charge is 2.07. The van der Waals surface area contributed by atoms with Gasteiger partial charge in [-0.1, -0.05) is 38.3 Å². The quantitative estimate of drug-likeness (QED) is 0.256. The highest BCUT2D eigenvalue weighted by molar-refractivity contribution is 14.0. The molecule has 0 aliphatic carbocycles. The van der Waals surface area contributed by atoms with E-state index >= 15 is 0 Å². The molecule has 0 radical (unpaired) electrons. The molecule has 1 aromatic carbocycles. The fraction of sp³-hybridized carbons (Fsp3) is 0.579. The third-order valence-electron chi connectivity index (χ3n) is 3.69. The van der Waals surface area contributed by atoms with Gasteiger partial charge in [0.2, 0.25) is 0 Å². The molecule has 0 atom stereocenters. The van der Waals surface area contributed by atoms with Crippen LogP contribution in [0.3, 0.4) is 0 Å². The van der Waals surface area contributed by atoms with E-state index < -0.39 is 0 Å². The van der Waals surface area contributed by atoms with Crippen LogP contribution in [0.5, 0.6) is 0 Å². The molecular formula is C19H33IN4O. The lowest BCUT2D eigenvalue weighted by Gasteiger charge is -2.12. The molecule has 6 heteroatoms. The van der Waals surface area contributed by atoms with Crippen LogP contribution in [0.15, 0.2) is 29.3 Å². The van der Waals surface area contributed by atoms with Crippen molar-refractivity contribution >= 4 is 35.8 Å². The molecular weight excluding hydrogens is 427 g/mol. The van der Waals surface area contributed by atoms with Crippen LogP contribution in [-0.2, 0) is 6.54 Å². The number of nitrogens with zero attached hydrogens (tertiary/aromatic N) is 2. The molecule has 0 aliphatic heterocycles. The van der Waals surface area contributed by atoms with E-state index in [1.54, 1.807) is 19.0 Å². The van der Waals surface area contributed by atoms with Crippen LogP contribution in [0.1, 0.15) is 55.5 Å². The third-order valence-corrected chi connectivity index (χ3v) is 3.69. The van der Waals surface area contributed by atoms with E-state index in [0.29, 0.717) is 12.1 Å². The van der Waals surface area contributed by atoms with E-state index in [-0.39, 0.29) is 29.9 Å². The minimum absolute atomic E-state index is 0. The van der Waals surface area contributed by atoms with Crippen LogP contribution in [-0.4, -0.2) is 44.0 Å². The zero-order valence-electron chi connectivity index (χ0n) is 16.0. The van der Waals surface area contributed by atoms with E-state index in [4.69, 9.17) is 0 Å². The first-order valence-electron chi connectivity index (χ1n) is 8.91. The van der Waals surface area contributed by atoms with Gasteiger partial charge in [0.1, 0.15) is 0 Å². The van der Waals surface area contributed by atoms with Gasteiger partial charge in [-0.2, -0.15) is 0 Å². The van der Waals surface area contributed by atoms with E-state index in [1.807, 2.05) is 24.3 Å². The smallest absolute Gasteiger partial charge is 0.253 e. The maximum absolute atomic E-state index is 11.9. The van der Waals surface area contributed by atoms with Crippen LogP contribution in [0.4, 0.5) is 0 Å². The fourth-order valence-corrected chi connectivity index (χ4v) is 2.28. The number of amides is 1. The summed E-state index contributed by atoms with van der Waals surface area (Å²) in [6, 6.07) is 7.65. The summed E-state index contributed by atoms with van der Waals surface area (Å²) in [5, 5.41) is 6.64. The average Bonchev–Trinajstić information content (AvgIpc) is 2.59. The molecule has 0 saturated heterocycles. The summed E-state index contributed by atoms with van der Waals surface area (Å²) in [7, 11) is 3.52. The number of halogens is 1. The third kappa shape index (κ3) is 9.67. The van der Waals surface area contributed by atoms with Crippen LogP contribution < -0.4 is 10.6 Å². The number of rotatable bonds is 9. The summed E-state index contributed by atoms with van der Waals surface area (Å²) in [5.41, 5.74) is 1.79. The Morgan fingerprint density at radius 2 is 1.72 bits per heavy atom. The first kappa shape index (κ1) is 23.7. The van der Waals surface area contributed by atoms with E-state index in [2.05, 4.69) is 29.5 Å². The van der Waals surface area contributed by atoms with Gasteiger partial charge in [0, 0.05) is 32.7 Å². The predicted molar refractivity (Wildman–Crippen MR) is 117 cm³/mol. The van der Waals surface area contributed by atoms with Gasteiger partial charge in [0.05, 0.1) is 6.54 Å². The van der Waals surface area contributed by atoms with Crippen molar-refractivity contribution in [2.75, 3.05) is 27.2 Å². The minimum atomic E-state index is 0. The average molecular weight is 460 g/mol. The number of guanidine groups is 1. The van der Waals surface area contributed by atoms with Crippen molar-refractivity contribution in [3.63, 3.8) is 0 Å². The molecule has 0 heterocycles. The number of hydrogen-bond donors (Lipinski definition) is 2. The first-order chi connectivity index (χ1) is 11.6. The Morgan fingerprint density at radius 3 is 2.28 bits per heavy atom. The van der Waals surface area contributed by atoms with Gasteiger partial charge < -0.3 is 15.5 Å². The van der Waals surface area contributed by atoms with Crippen LogP contribution in [0.25, 0.3) is 0 Å². The zero-order chi connectivity index (χ0) is 17.8. The van der Waals surface area contributed by atoms with Crippen LogP contribution >= 0.6 is 24.0 Å². The van der Waals surface area contributed by atoms with Crippen molar-refractivity contribution in [3.8, 4) is 0 Å². The Balaban J connectivity index is 0.00000576. The highest BCUT2D eigenvalue weighted by atomic mass is 127. The molecule has 1 aromatic rings. The Kier molecular flexibility index (Phi) is 13.2. The lowest BCUT2D eigenvalue weighted by molar-refractivity contribution is 0.0827. The van der Waals surface area contributed by atoms with Crippen molar-refractivity contribution in [1.29, 1.82) is 0 Å². The topological polar surface area (TPSA) is 56.7 Å². The number of carbonyl (C=O) groups excluding carboxylic acids is 1. The number of nitrogens with one attached hydrogen (secondary N) is 2. The Hall–Kier alpha value is -1.31. The normalized spacial score (nSPS) is 10.8. The molecule has 0 fully saturated rings. The van der Waals surface area contributed by atoms with Gasteiger partial charge >= 0.3 is 0 Å². The first-order valence-corrected chi connectivity index (χ1v) is 8.91. The summed E-state index contributed by atoms with van der Waals surface area (Å²) >= 11 is 0. The Bertz CT molecular complexity index is 515. The van der Waals surface area contributed by atoms with Crippen molar-refractivity contribution in [2.45, 2.75) is 46.1 Å². The molecule has 0 saturated carbocycles. The molecule has 5 nitrogen and oxygen atoms in total. The van der Waals surface area contributed by atoms with Gasteiger partial charge in [-0.3, -0.25) is 4.79 Å². The van der Waals surface area contributed by atoms with Crippen molar-refractivity contribution in [3.05, 3.63) is 35.4 Å². The second-order valence-electron chi connectivity index (χ2n) is 6.08. The molecule has 25 heavy (non-hydrogen) atoms. The molecule has 0 bridgehead atoms. The molecule has 2 N–H and O–H groups in total. The molecule has 0 aliphatic rings. The largest absolute Gasteiger partial charge is 0.357 e. The summed E-state index contributed by atoms with van der Waals surface area (Å²) in [4.78, 5) is 18.1. The highest BCUT2D eigenvalue weighted by Crippen LogP contribution is 2.07. The Morgan fingerprint density at radius 1 is 1.04 bits per heavy atom. The van der Waals surface area contributed by atoms with E-state index in [0.717, 1.165) is 24.6 Å². The fourth-order valence-electron chi connectivity index (χ4n) is 2.28. The Labute approximate surface area is 169 Å². The second-order valence-corrected chi connectivity index (χ2v) is 6.08. The van der Waals surface area contributed by atoms with Crippen molar-refractivity contribution in [2.24, 2.45) is 4.99 Å². The monoisotopic (exact) mass is 460 g/mol. The predicted octanol–water partition coefficient (Wildman–Crippen LogP) is 3.64. The standard InChI is InChI=1S/C19H32N4O.HI/c1-5-7-8-9-14-21-19(20-6-2)22-15-16-10-12-17(13-11-16)18(24)23(3)4;/h10-13H,5-9,14-15H2,1-4H3,(H2,20,21,22);1H. The summed E-state index contributed by atoms with van der Waals surface area (Å²) in [6.07, 6.45) is 4.96. The summed E-state index contributed by atoms with van der Waals surface area (Å²) < 4.78 is 0. The van der Waals surface area contributed by atoms with Gasteiger partial charge in [-0.05, 0) is 31.0 Å². The number of unbranched alkanes of at least 4 members (excludes halogenated alkanes) is 3. The van der Waals surface area contributed by atoms with Crippen molar-refractivity contribution in [1.82, 2.24) is 15.5 Å². The molecule has 142 valence electrons. The van der Waals surface area contributed by atoms with Crippen molar-refractivity contribution < 1.29 is 4.79 Å². The summed E-state index contributed by atoms with van der Waals surface area (Å²) in [6.45, 7) is 6.67. The maximum atomic E-state index is 11.9. The number of hydrogen-bond acceptors (Lipinski definition) is 2. The SMILES string of the molecule is CCCCCCNC(=NCc1ccc(C(=O)N(C)C)cc1)NCC.I. The summed E-state index contributed by atoms with van der Waals surface area (Å²) in [5.74, 6) is 0.870. The molecule has 1 amide bonds. The van der Waals surface area contributed by atoms with Gasteiger partial charge in [-0.15, -0.1) is 24.0 Å².